The molecular weight excluding hydrogens is 321 g/mol. The molecule has 0 bridgehead atoms. The number of unbranched alkanes of at least 4 members (excludes halogenated alkanes) is 1. The Balaban J connectivity index is 1.48. The molecule has 20 heavy (non-hydrogen) atoms. The number of alkyl halides is 2. The smallest absolute Gasteiger partial charge is 0.220 e. The van der Waals surface area contributed by atoms with Gasteiger partial charge >= 0.3 is 0 Å². The SMILES string of the molecule is O=C(CCc1ccccc1)NCCCCC1CC1(F)Br. The van der Waals surface area contributed by atoms with Crippen LogP contribution in [0.5, 0.6) is 0 Å². The summed E-state index contributed by atoms with van der Waals surface area (Å²) in [6.07, 6.45) is 4.75. The first kappa shape index (κ1) is 15.5. The van der Waals surface area contributed by atoms with E-state index in [2.05, 4.69) is 21.2 Å². The van der Waals surface area contributed by atoms with Crippen LogP contribution in [0.1, 0.15) is 37.7 Å². The lowest BCUT2D eigenvalue weighted by Crippen LogP contribution is -2.24. The lowest BCUT2D eigenvalue weighted by Gasteiger charge is -2.05. The highest BCUT2D eigenvalue weighted by atomic mass is 79.9. The van der Waals surface area contributed by atoms with Crippen LogP contribution in [0.2, 0.25) is 0 Å². The Kier molecular flexibility index (Phi) is 5.58. The highest BCUT2D eigenvalue weighted by Crippen LogP contribution is 2.54. The van der Waals surface area contributed by atoms with Gasteiger partial charge in [0.25, 0.3) is 0 Å². The van der Waals surface area contributed by atoms with Gasteiger partial charge in [0, 0.05) is 18.9 Å². The Morgan fingerprint density at radius 2 is 2.05 bits per heavy atom. The third kappa shape index (κ3) is 5.23. The molecule has 1 aliphatic rings. The van der Waals surface area contributed by atoms with E-state index in [0.717, 1.165) is 25.7 Å². The summed E-state index contributed by atoms with van der Waals surface area (Å²) in [6, 6.07) is 10.0. The second-order valence-electron chi connectivity index (χ2n) is 5.49. The van der Waals surface area contributed by atoms with Crippen molar-refractivity contribution in [3.05, 3.63) is 35.9 Å². The third-order valence-corrected chi connectivity index (χ3v) is 4.71. The molecule has 1 aliphatic carbocycles. The monoisotopic (exact) mass is 341 g/mol. The van der Waals surface area contributed by atoms with Crippen molar-refractivity contribution in [3.63, 3.8) is 0 Å². The van der Waals surface area contributed by atoms with E-state index < -0.39 is 4.58 Å². The van der Waals surface area contributed by atoms with Crippen molar-refractivity contribution in [2.75, 3.05) is 6.54 Å². The van der Waals surface area contributed by atoms with Crippen LogP contribution in [0.25, 0.3) is 0 Å². The molecule has 1 aromatic rings. The van der Waals surface area contributed by atoms with Gasteiger partial charge in [-0.3, -0.25) is 4.79 Å². The van der Waals surface area contributed by atoms with Crippen LogP contribution in [0.15, 0.2) is 30.3 Å². The van der Waals surface area contributed by atoms with E-state index >= 15 is 0 Å². The summed E-state index contributed by atoms with van der Waals surface area (Å²) in [5, 5.41) is 2.92. The Labute approximate surface area is 128 Å². The maximum Gasteiger partial charge on any atom is 0.220 e. The van der Waals surface area contributed by atoms with Crippen LogP contribution < -0.4 is 5.32 Å². The Hall–Kier alpha value is -0.900. The van der Waals surface area contributed by atoms with Gasteiger partial charge in [-0.15, -0.1) is 0 Å². The summed E-state index contributed by atoms with van der Waals surface area (Å²) < 4.78 is 12.1. The first-order chi connectivity index (χ1) is 9.58. The molecule has 0 saturated heterocycles. The summed E-state index contributed by atoms with van der Waals surface area (Å²) in [5.74, 6) is 0.275. The van der Waals surface area contributed by atoms with Crippen molar-refractivity contribution in [1.82, 2.24) is 5.32 Å². The number of carbonyl (C=O) groups excluding carboxylic acids is 1. The van der Waals surface area contributed by atoms with E-state index in [0.29, 0.717) is 19.4 Å². The second-order valence-corrected chi connectivity index (χ2v) is 6.81. The molecule has 1 fully saturated rings. The average Bonchev–Trinajstić information content (AvgIpc) is 3.05. The zero-order valence-corrected chi connectivity index (χ0v) is 13.2. The van der Waals surface area contributed by atoms with Crippen molar-refractivity contribution < 1.29 is 9.18 Å². The first-order valence-electron chi connectivity index (χ1n) is 7.26. The highest BCUT2D eigenvalue weighted by molar-refractivity contribution is 9.10. The van der Waals surface area contributed by atoms with Gasteiger partial charge in [0.15, 0.2) is 4.58 Å². The van der Waals surface area contributed by atoms with Crippen LogP contribution in [0.4, 0.5) is 4.39 Å². The molecule has 2 rings (SSSR count). The van der Waals surface area contributed by atoms with Gasteiger partial charge in [-0.05, 0) is 47.2 Å². The minimum absolute atomic E-state index is 0.0978. The van der Waals surface area contributed by atoms with Gasteiger partial charge in [0.05, 0.1) is 0 Å². The minimum atomic E-state index is -1.09. The van der Waals surface area contributed by atoms with E-state index in [1.165, 1.54) is 5.56 Å². The lowest BCUT2D eigenvalue weighted by atomic mass is 10.1. The Morgan fingerprint density at radius 1 is 1.35 bits per heavy atom. The van der Waals surface area contributed by atoms with Crippen molar-refractivity contribution >= 4 is 21.8 Å². The van der Waals surface area contributed by atoms with Crippen molar-refractivity contribution in [3.8, 4) is 0 Å². The van der Waals surface area contributed by atoms with Gasteiger partial charge in [0.2, 0.25) is 5.91 Å². The number of nitrogens with one attached hydrogen (secondary N) is 1. The second kappa shape index (κ2) is 7.21. The Morgan fingerprint density at radius 3 is 2.70 bits per heavy atom. The summed E-state index contributed by atoms with van der Waals surface area (Å²) >= 11 is 3.05. The summed E-state index contributed by atoms with van der Waals surface area (Å²) in [5.41, 5.74) is 1.19. The van der Waals surface area contributed by atoms with Crippen molar-refractivity contribution in [1.29, 1.82) is 0 Å². The molecule has 2 unspecified atom stereocenters. The summed E-state index contributed by atoms with van der Waals surface area (Å²) in [7, 11) is 0. The molecule has 1 aromatic carbocycles. The number of hydrogen-bond acceptors (Lipinski definition) is 1. The molecule has 0 aliphatic heterocycles. The van der Waals surface area contributed by atoms with Crippen LogP contribution in [0.3, 0.4) is 0 Å². The number of halogens is 2. The zero-order valence-electron chi connectivity index (χ0n) is 11.6. The van der Waals surface area contributed by atoms with E-state index in [1.807, 2.05) is 30.3 Å². The fourth-order valence-corrected chi connectivity index (χ4v) is 2.94. The molecule has 1 N–H and O–H groups in total. The molecule has 0 spiro atoms. The summed E-state index contributed by atoms with van der Waals surface area (Å²) in [4.78, 5) is 11.7. The normalized spacial score (nSPS) is 24.4. The van der Waals surface area contributed by atoms with Crippen molar-refractivity contribution in [2.45, 2.75) is 43.1 Å². The maximum atomic E-state index is 13.2. The third-order valence-electron chi connectivity index (χ3n) is 3.74. The average molecular weight is 342 g/mol. The summed E-state index contributed by atoms with van der Waals surface area (Å²) in [6.45, 7) is 0.696. The quantitative estimate of drug-likeness (QED) is 0.562. The van der Waals surface area contributed by atoms with Gasteiger partial charge in [-0.25, -0.2) is 4.39 Å². The maximum absolute atomic E-state index is 13.2. The number of amides is 1. The molecule has 110 valence electrons. The topological polar surface area (TPSA) is 29.1 Å². The molecule has 2 nitrogen and oxygen atoms in total. The van der Waals surface area contributed by atoms with E-state index in [-0.39, 0.29) is 11.8 Å². The van der Waals surface area contributed by atoms with Crippen LogP contribution >= 0.6 is 15.9 Å². The van der Waals surface area contributed by atoms with Gasteiger partial charge < -0.3 is 5.32 Å². The predicted octanol–water partition coefficient (Wildman–Crippen LogP) is 3.99. The van der Waals surface area contributed by atoms with Crippen molar-refractivity contribution in [2.24, 2.45) is 5.92 Å². The van der Waals surface area contributed by atoms with Gasteiger partial charge in [0.1, 0.15) is 0 Å². The van der Waals surface area contributed by atoms with Gasteiger partial charge in [-0.2, -0.15) is 0 Å². The van der Waals surface area contributed by atoms with E-state index in [9.17, 15) is 9.18 Å². The van der Waals surface area contributed by atoms with Crippen LogP contribution in [-0.2, 0) is 11.2 Å². The molecule has 0 aromatic heterocycles. The standard InChI is InChI=1S/C16H21BrFNO/c17-16(18)12-14(16)8-4-5-11-19-15(20)10-9-13-6-2-1-3-7-13/h1-3,6-7,14H,4-5,8-12H2,(H,19,20). The van der Waals surface area contributed by atoms with E-state index in [4.69, 9.17) is 0 Å². The largest absolute Gasteiger partial charge is 0.356 e. The molecule has 0 radical (unpaired) electrons. The van der Waals surface area contributed by atoms with E-state index in [1.54, 1.807) is 0 Å². The Bertz CT molecular complexity index is 435. The molecule has 4 heteroatoms. The lowest BCUT2D eigenvalue weighted by molar-refractivity contribution is -0.121. The molecule has 2 atom stereocenters. The number of rotatable bonds is 8. The number of carbonyl (C=O) groups is 1. The molecule has 0 heterocycles. The molecular formula is C16H21BrFNO. The van der Waals surface area contributed by atoms with Crippen LogP contribution in [0, 0.1) is 5.92 Å². The highest BCUT2D eigenvalue weighted by Gasteiger charge is 2.52. The fraction of sp³-hybridized carbons (Fsp3) is 0.562. The minimum Gasteiger partial charge on any atom is -0.356 e. The number of benzene rings is 1. The molecule has 1 saturated carbocycles. The zero-order chi connectivity index (χ0) is 14.4. The van der Waals surface area contributed by atoms with Crippen LogP contribution in [-0.4, -0.2) is 17.0 Å². The van der Waals surface area contributed by atoms with Gasteiger partial charge in [-0.1, -0.05) is 36.8 Å². The fourth-order valence-electron chi connectivity index (χ4n) is 2.32. The number of aryl methyl sites for hydroxylation is 1. The predicted molar refractivity (Wildman–Crippen MR) is 82.5 cm³/mol. The first-order valence-corrected chi connectivity index (χ1v) is 8.06. The number of hydrogen-bond donors (Lipinski definition) is 1. The molecule has 1 amide bonds.